The molecule has 124 valence electrons. The van der Waals surface area contributed by atoms with Crippen LogP contribution in [0.3, 0.4) is 0 Å². The predicted molar refractivity (Wildman–Crippen MR) is 90.2 cm³/mol. The molecule has 0 saturated carbocycles. The van der Waals surface area contributed by atoms with E-state index in [2.05, 4.69) is 27.1 Å². The smallest absolute Gasteiger partial charge is 0.179 e. The van der Waals surface area contributed by atoms with Crippen molar-refractivity contribution >= 4 is 5.82 Å². The highest BCUT2D eigenvalue weighted by atomic mass is 16.5. The van der Waals surface area contributed by atoms with E-state index in [1.807, 2.05) is 12.1 Å². The largest absolute Gasteiger partial charge is 0.372 e. The normalized spacial score (nSPS) is 22.2. The van der Waals surface area contributed by atoms with Crippen LogP contribution >= 0.6 is 0 Å². The average Bonchev–Trinajstić information content (AvgIpc) is 3.11. The molecule has 1 aromatic carbocycles. The first-order valence-corrected chi connectivity index (χ1v) is 8.14. The Hall–Kier alpha value is -3.16. The molecule has 7 nitrogen and oxygen atoms in total. The summed E-state index contributed by atoms with van der Waals surface area (Å²) < 4.78 is 5.79. The Morgan fingerprint density at radius 2 is 2.08 bits per heavy atom. The number of hydrogen-bond donors (Lipinski definition) is 0. The Kier molecular flexibility index (Phi) is 3.93. The van der Waals surface area contributed by atoms with Gasteiger partial charge in [0, 0.05) is 12.1 Å². The molecular weight excluding hydrogens is 316 g/mol. The SMILES string of the molecule is N#Cc1cccc(-c2cnc(N3CCOC4CN(C#N)CC43)cn2)c1. The summed E-state index contributed by atoms with van der Waals surface area (Å²) in [5, 5.41) is 18.1. The van der Waals surface area contributed by atoms with Crippen molar-refractivity contribution in [3.05, 3.63) is 42.2 Å². The van der Waals surface area contributed by atoms with Gasteiger partial charge in [0.05, 0.1) is 61.6 Å². The lowest BCUT2D eigenvalue weighted by molar-refractivity contribution is 0.0322. The molecule has 0 bridgehead atoms. The maximum Gasteiger partial charge on any atom is 0.179 e. The lowest BCUT2D eigenvalue weighted by Gasteiger charge is -2.37. The lowest BCUT2D eigenvalue weighted by Crippen LogP contribution is -2.51. The third kappa shape index (κ3) is 2.86. The molecule has 2 unspecified atom stereocenters. The van der Waals surface area contributed by atoms with Gasteiger partial charge in [-0.1, -0.05) is 12.1 Å². The molecule has 4 rings (SSSR count). The molecule has 0 aliphatic carbocycles. The van der Waals surface area contributed by atoms with Crippen LogP contribution in [-0.4, -0.2) is 53.3 Å². The Morgan fingerprint density at radius 3 is 2.84 bits per heavy atom. The predicted octanol–water partition coefficient (Wildman–Crippen LogP) is 1.39. The van der Waals surface area contributed by atoms with Crippen LogP contribution in [0.15, 0.2) is 36.7 Å². The summed E-state index contributed by atoms with van der Waals surface area (Å²) in [6.45, 7) is 2.63. The molecule has 25 heavy (non-hydrogen) atoms. The van der Waals surface area contributed by atoms with Crippen molar-refractivity contribution in [3.8, 4) is 23.5 Å². The minimum absolute atomic E-state index is 0.0298. The van der Waals surface area contributed by atoms with Crippen molar-refractivity contribution in [3.63, 3.8) is 0 Å². The zero-order valence-corrected chi connectivity index (χ0v) is 13.5. The quantitative estimate of drug-likeness (QED) is 0.768. The van der Waals surface area contributed by atoms with E-state index in [-0.39, 0.29) is 12.1 Å². The van der Waals surface area contributed by atoms with Gasteiger partial charge in [0.15, 0.2) is 6.19 Å². The minimum atomic E-state index is 0.0298. The Labute approximate surface area is 145 Å². The Balaban J connectivity index is 1.58. The molecule has 3 heterocycles. The third-order valence-electron chi connectivity index (χ3n) is 4.66. The molecule has 0 spiro atoms. The number of anilines is 1. The first-order chi connectivity index (χ1) is 12.3. The van der Waals surface area contributed by atoms with E-state index < -0.39 is 0 Å². The Bertz CT molecular complexity index is 853. The second kappa shape index (κ2) is 6.39. The zero-order chi connectivity index (χ0) is 17.2. The molecule has 2 aromatic rings. The van der Waals surface area contributed by atoms with Crippen molar-refractivity contribution in [1.82, 2.24) is 14.9 Å². The van der Waals surface area contributed by atoms with Crippen LogP contribution in [0.2, 0.25) is 0 Å². The van der Waals surface area contributed by atoms with Gasteiger partial charge in [-0.2, -0.15) is 10.5 Å². The molecular formula is C18H16N6O. The fraction of sp³-hybridized carbons (Fsp3) is 0.333. The monoisotopic (exact) mass is 332 g/mol. The van der Waals surface area contributed by atoms with Crippen LogP contribution in [0.25, 0.3) is 11.3 Å². The van der Waals surface area contributed by atoms with Gasteiger partial charge in [-0.25, -0.2) is 4.98 Å². The molecule has 7 heteroatoms. The summed E-state index contributed by atoms with van der Waals surface area (Å²) >= 11 is 0. The minimum Gasteiger partial charge on any atom is -0.372 e. The number of likely N-dealkylation sites (tertiary alicyclic amines) is 1. The van der Waals surface area contributed by atoms with Gasteiger partial charge in [0.2, 0.25) is 0 Å². The van der Waals surface area contributed by atoms with Gasteiger partial charge in [0.25, 0.3) is 0 Å². The van der Waals surface area contributed by atoms with Gasteiger partial charge < -0.3 is 14.5 Å². The van der Waals surface area contributed by atoms with Crippen molar-refractivity contribution in [2.75, 3.05) is 31.1 Å². The van der Waals surface area contributed by atoms with Gasteiger partial charge in [-0.05, 0) is 12.1 Å². The number of fused-ring (bicyclic) bond motifs is 1. The van der Waals surface area contributed by atoms with E-state index in [0.29, 0.717) is 25.3 Å². The highest BCUT2D eigenvalue weighted by Crippen LogP contribution is 2.27. The summed E-state index contributed by atoms with van der Waals surface area (Å²) in [6, 6.07) is 9.57. The summed E-state index contributed by atoms with van der Waals surface area (Å²) in [5.74, 6) is 0.790. The van der Waals surface area contributed by atoms with Crippen LogP contribution in [0.5, 0.6) is 0 Å². The third-order valence-corrected chi connectivity index (χ3v) is 4.66. The van der Waals surface area contributed by atoms with Crippen molar-refractivity contribution in [1.29, 1.82) is 10.5 Å². The van der Waals surface area contributed by atoms with Gasteiger partial charge in [-0.15, -0.1) is 0 Å². The first kappa shape index (κ1) is 15.4. The van der Waals surface area contributed by atoms with Gasteiger partial charge >= 0.3 is 0 Å². The maximum absolute atomic E-state index is 9.13. The molecule has 0 amide bonds. The summed E-state index contributed by atoms with van der Waals surface area (Å²) in [5.41, 5.74) is 2.20. The summed E-state index contributed by atoms with van der Waals surface area (Å²) in [4.78, 5) is 13.0. The van der Waals surface area contributed by atoms with Gasteiger partial charge in [0.1, 0.15) is 5.82 Å². The number of hydrogen-bond acceptors (Lipinski definition) is 7. The standard InChI is InChI=1S/C18H16N6O/c19-7-13-2-1-3-14(6-13)15-8-22-18(9-21-15)24-4-5-25-17-11-23(12-20)10-16(17)24/h1-3,6,8-9,16-17H,4-5,10-11H2. The molecule has 2 aliphatic rings. The van der Waals surface area contributed by atoms with Gasteiger partial charge in [-0.3, -0.25) is 4.98 Å². The van der Waals surface area contributed by atoms with Crippen molar-refractivity contribution < 1.29 is 4.74 Å². The van der Waals surface area contributed by atoms with Crippen LogP contribution in [0, 0.1) is 22.8 Å². The number of rotatable bonds is 2. The van der Waals surface area contributed by atoms with Crippen LogP contribution in [-0.2, 0) is 4.74 Å². The number of nitrogens with zero attached hydrogens (tertiary/aromatic N) is 6. The topological polar surface area (TPSA) is 89.1 Å². The van der Waals surface area contributed by atoms with Crippen LogP contribution in [0.4, 0.5) is 5.82 Å². The number of morpholine rings is 1. The molecule has 2 saturated heterocycles. The highest BCUT2D eigenvalue weighted by Gasteiger charge is 2.40. The number of benzene rings is 1. The second-order valence-electron chi connectivity index (χ2n) is 6.13. The van der Waals surface area contributed by atoms with E-state index in [0.717, 1.165) is 23.6 Å². The van der Waals surface area contributed by atoms with Crippen molar-refractivity contribution in [2.24, 2.45) is 0 Å². The number of ether oxygens (including phenoxy) is 1. The first-order valence-electron chi connectivity index (χ1n) is 8.14. The Morgan fingerprint density at radius 1 is 1.16 bits per heavy atom. The van der Waals surface area contributed by atoms with E-state index in [9.17, 15) is 0 Å². The lowest BCUT2D eigenvalue weighted by atomic mass is 10.1. The van der Waals surface area contributed by atoms with Crippen molar-refractivity contribution in [2.45, 2.75) is 12.1 Å². The number of nitriles is 2. The average molecular weight is 332 g/mol. The summed E-state index contributed by atoms with van der Waals surface area (Å²) in [7, 11) is 0. The molecule has 1 aromatic heterocycles. The fourth-order valence-corrected chi connectivity index (χ4v) is 3.42. The molecule has 2 atom stereocenters. The highest BCUT2D eigenvalue weighted by molar-refractivity contribution is 5.61. The zero-order valence-electron chi connectivity index (χ0n) is 13.5. The fourth-order valence-electron chi connectivity index (χ4n) is 3.42. The van der Waals surface area contributed by atoms with E-state index in [1.54, 1.807) is 29.4 Å². The van der Waals surface area contributed by atoms with E-state index in [4.69, 9.17) is 15.3 Å². The van der Waals surface area contributed by atoms with E-state index >= 15 is 0 Å². The second-order valence-corrected chi connectivity index (χ2v) is 6.13. The molecule has 2 aliphatic heterocycles. The number of aromatic nitrogens is 2. The summed E-state index contributed by atoms with van der Waals surface area (Å²) in [6.07, 6.45) is 5.71. The van der Waals surface area contributed by atoms with Crippen LogP contribution < -0.4 is 4.90 Å². The molecule has 0 N–H and O–H groups in total. The molecule has 2 fully saturated rings. The van der Waals surface area contributed by atoms with E-state index in [1.165, 1.54) is 0 Å². The van der Waals surface area contributed by atoms with Crippen LogP contribution in [0.1, 0.15) is 5.56 Å². The molecule has 0 radical (unpaired) electrons. The maximum atomic E-state index is 9.13.